The van der Waals surface area contributed by atoms with Crippen LogP contribution in [0.2, 0.25) is 10.0 Å². The Kier molecular flexibility index (Phi) is 10.3. The quantitative estimate of drug-likeness (QED) is 0.235. The van der Waals surface area contributed by atoms with Gasteiger partial charge in [0.25, 0.3) is 5.91 Å². The van der Waals surface area contributed by atoms with Gasteiger partial charge in [-0.3, -0.25) is 19.6 Å². The lowest BCUT2D eigenvalue weighted by Crippen LogP contribution is -2.59. The first-order valence-corrected chi connectivity index (χ1v) is 11.5. The van der Waals surface area contributed by atoms with Gasteiger partial charge in [0.05, 0.1) is 16.0 Å². The minimum absolute atomic E-state index is 0.0724. The first-order chi connectivity index (χ1) is 16.1. The standard InChI is InChI=1S/C24H29Cl2N3O5/c1-15(21(30)29-34)24(33,12-6-9-16-7-4-3-5-8-16)23(32)28-20(22(31)27-2)14-17-10-11-18(25)19(26)13-17/h3-5,7-8,10-11,13,15,20,33-34H,6,9,12,14H2,1-2H3,(H,27,31)(H,28,32)(H,29,30). The second-order valence-electron chi connectivity index (χ2n) is 8.05. The maximum atomic E-state index is 13.3. The summed E-state index contributed by atoms with van der Waals surface area (Å²) in [6.45, 7) is 1.33. The minimum Gasteiger partial charge on any atom is -0.379 e. The zero-order valence-electron chi connectivity index (χ0n) is 19.0. The van der Waals surface area contributed by atoms with Gasteiger partial charge in [-0.1, -0.05) is 66.5 Å². The zero-order chi connectivity index (χ0) is 25.3. The Balaban J connectivity index is 2.23. The van der Waals surface area contributed by atoms with Gasteiger partial charge in [0.15, 0.2) is 5.60 Å². The third kappa shape index (κ3) is 7.17. The molecule has 0 fully saturated rings. The van der Waals surface area contributed by atoms with Gasteiger partial charge < -0.3 is 15.7 Å². The number of hydroxylamine groups is 1. The molecule has 5 N–H and O–H groups in total. The lowest BCUT2D eigenvalue weighted by molar-refractivity contribution is -0.158. The van der Waals surface area contributed by atoms with Crippen molar-refractivity contribution in [2.75, 3.05) is 7.05 Å². The van der Waals surface area contributed by atoms with Gasteiger partial charge in [0, 0.05) is 13.5 Å². The molecule has 3 amide bonds. The number of carbonyl (C=O) groups is 3. The average molecular weight is 510 g/mol. The minimum atomic E-state index is -2.18. The fraction of sp³-hybridized carbons (Fsp3) is 0.375. The number of amides is 3. The molecule has 0 aliphatic carbocycles. The topological polar surface area (TPSA) is 128 Å². The summed E-state index contributed by atoms with van der Waals surface area (Å²) in [4.78, 5) is 37.9. The first kappa shape index (κ1) is 27.6. The molecule has 0 bridgehead atoms. The van der Waals surface area contributed by atoms with Gasteiger partial charge in [-0.15, -0.1) is 0 Å². The van der Waals surface area contributed by atoms with E-state index < -0.39 is 35.3 Å². The fourth-order valence-electron chi connectivity index (χ4n) is 3.62. The van der Waals surface area contributed by atoms with Crippen molar-refractivity contribution in [2.24, 2.45) is 5.92 Å². The molecule has 3 atom stereocenters. The number of hydrogen-bond donors (Lipinski definition) is 5. The molecule has 0 radical (unpaired) electrons. The molecule has 0 saturated heterocycles. The van der Waals surface area contributed by atoms with Crippen LogP contribution in [-0.4, -0.2) is 46.7 Å². The van der Waals surface area contributed by atoms with E-state index >= 15 is 0 Å². The van der Waals surface area contributed by atoms with Crippen LogP contribution < -0.4 is 16.1 Å². The number of aryl methyl sites for hydroxylation is 1. The number of rotatable bonds is 11. The monoisotopic (exact) mass is 509 g/mol. The highest BCUT2D eigenvalue weighted by atomic mass is 35.5. The van der Waals surface area contributed by atoms with Crippen molar-refractivity contribution in [2.45, 2.75) is 44.2 Å². The van der Waals surface area contributed by atoms with Gasteiger partial charge in [-0.25, -0.2) is 5.48 Å². The summed E-state index contributed by atoms with van der Waals surface area (Å²) < 4.78 is 0. The summed E-state index contributed by atoms with van der Waals surface area (Å²) in [5, 5.41) is 26.1. The van der Waals surface area contributed by atoms with E-state index in [1.165, 1.54) is 19.5 Å². The average Bonchev–Trinajstić information content (AvgIpc) is 2.84. The molecule has 2 aromatic rings. The van der Waals surface area contributed by atoms with E-state index in [0.29, 0.717) is 28.5 Å². The molecular weight excluding hydrogens is 481 g/mol. The van der Waals surface area contributed by atoms with E-state index in [1.54, 1.807) is 18.2 Å². The predicted octanol–water partition coefficient (Wildman–Crippen LogP) is 2.66. The van der Waals surface area contributed by atoms with Crippen molar-refractivity contribution < 1.29 is 24.7 Å². The second-order valence-corrected chi connectivity index (χ2v) is 8.87. The molecule has 184 valence electrons. The summed E-state index contributed by atoms with van der Waals surface area (Å²) in [7, 11) is 1.42. The van der Waals surface area contributed by atoms with Crippen LogP contribution >= 0.6 is 23.2 Å². The number of benzene rings is 2. The summed E-state index contributed by atoms with van der Waals surface area (Å²) in [5.41, 5.74) is 0.955. The van der Waals surface area contributed by atoms with Crippen LogP contribution in [0.1, 0.15) is 30.9 Å². The highest BCUT2D eigenvalue weighted by Crippen LogP contribution is 2.27. The van der Waals surface area contributed by atoms with Crippen LogP contribution in [0.15, 0.2) is 48.5 Å². The summed E-state index contributed by atoms with van der Waals surface area (Å²) >= 11 is 12.0. The van der Waals surface area contributed by atoms with Crippen LogP contribution in [0.3, 0.4) is 0 Å². The number of carbonyl (C=O) groups excluding carboxylic acids is 3. The SMILES string of the molecule is CNC(=O)C(Cc1ccc(Cl)c(Cl)c1)NC(=O)C(O)(CCCc1ccccc1)C(C)C(=O)NO. The van der Waals surface area contributed by atoms with Crippen molar-refractivity contribution >= 4 is 40.9 Å². The van der Waals surface area contributed by atoms with Gasteiger partial charge in [-0.05, 0) is 42.5 Å². The zero-order valence-corrected chi connectivity index (χ0v) is 20.5. The molecule has 2 aromatic carbocycles. The highest BCUT2D eigenvalue weighted by molar-refractivity contribution is 6.42. The molecule has 0 spiro atoms. The number of likely N-dealkylation sites (N-methyl/N-ethyl adjacent to an activating group) is 1. The number of hydrogen-bond acceptors (Lipinski definition) is 5. The molecule has 0 aliphatic heterocycles. The molecule has 0 saturated carbocycles. The molecule has 8 nitrogen and oxygen atoms in total. The molecule has 0 aliphatic rings. The number of aliphatic hydroxyl groups is 1. The van der Waals surface area contributed by atoms with Gasteiger partial charge >= 0.3 is 0 Å². The third-order valence-electron chi connectivity index (χ3n) is 5.77. The predicted molar refractivity (Wildman–Crippen MR) is 130 cm³/mol. The van der Waals surface area contributed by atoms with E-state index in [4.69, 9.17) is 28.4 Å². The Bertz CT molecular complexity index is 1010. The van der Waals surface area contributed by atoms with E-state index in [0.717, 1.165) is 5.56 Å². The van der Waals surface area contributed by atoms with Crippen LogP contribution in [0.5, 0.6) is 0 Å². The van der Waals surface area contributed by atoms with Crippen molar-refractivity contribution in [1.29, 1.82) is 0 Å². The van der Waals surface area contributed by atoms with Crippen molar-refractivity contribution in [1.82, 2.24) is 16.1 Å². The molecule has 3 unspecified atom stereocenters. The normalized spacial score (nSPS) is 14.4. The Morgan fingerprint density at radius 2 is 1.68 bits per heavy atom. The Labute approximate surface area is 208 Å². The smallest absolute Gasteiger partial charge is 0.253 e. The summed E-state index contributed by atoms with van der Waals surface area (Å²) in [6.07, 6.45) is 0.943. The summed E-state index contributed by atoms with van der Waals surface area (Å²) in [6, 6.07) is 13.3. The Hall–Kier alpha value is -2.65. The molecule has 2 rings (SSSR count). The lowest BCUT2D eigenvalue weighted by atomic mass is 9.82. The van der Waals surface area contributed by atoms with Crippen LogP contribution in [0.4, 0.5) is 0 Å². The summed E-state index contributed by atoms with van der Waals surface area (Å²) in [5.74, 6) is -3.60. The van der Waals surface area contributed by atoms with Crippen molar-refractivity contribution in [3.63, 3.8) is 0 Å². The van der Waals surface area contributed by atoms with E-state index in [1.807, 2.05) is 30.3 Å². The molecule has 10 heteroatoms. The molecular formula is C24H29Cl2N3O5. The van der Waals surface area contributed by atoms with Gasteiger partial charge in [0.2, 0.25) is 11.8 Å². The first-order valence-electron chi connectivity index (χ1n) is 10.8. The van der Waals surface area contributed by atoms with E-state index in [9.17, 15) is 19.5 Å². The molecule has 34 heavy (non-hydrogen) atoms. The third-order valence-corrected chi connectivity index (χ3v) is 6.51. The van der Waals surface area contributed by atoms with Crippen LogP contribution in [-0.2, 0) is 27.2 Å². The fourth-order valence-corrected chi connectivity index (χ4v) is 3.94. The second kappa shape index (κ2) is 12.7. The van der Waals surface area contributed by atoms with Gasteiger partial charge in [0.1, 0.15) is 6.04 Å². The highest BCUT2D eigenvalue weighted by Gasteiger charge is 2.45. The van der Waals surface area contributed by atoms with Crippen LogP contribution in [0, 0.1) is 5.92 Å². The number of halogens is 2. The Morgan fingerprint density at radius 3 is 2.26 bits per heavy atom. The van der Waals surface area contributed by atoms with E-state index in [-0.39, 0.29) is 12.8 Å². The molecule has 0 aromatic heterocycles. The Morgan fingerprint density at radius 1 is 1.00 bits per heavy atom. The number of nitrogens with one attached hydrogen (secondary N) is 3. The molecule has 0 heterocycles. The van der Waals surface area contributed by atoms with Crippen molar-refractivity contribution in [3.8, 4) is 0 Å². The van der Waals surface area contributed by atoms with Crippen molar-refractivity contribution in [3.05, 3.63) is 69.7 Å². The van der Waals surface area contributed by atoms with E-state index in [2.05, 4.69) is 10.6 Å². The largest absolute Gasteiger partial charge is 0.379 e. The maximum Gasteiger partial charge on any atom is 0.253 e. The van der Waals surface area contributed by atoms with Crippen LogP contribution in [0.25, 0.3) is 0 Å². The maximum absolute atomic E-state index is 13.3. The lowest BCUT2D eigenvalue weighted by Gasteiger charge is -2.33. The van der Waals surface area contributed by atoms with Gasteiger partial charge in [-0.2, -0.15) is 0 Å².